The summed E-state index contributed by atoms with van der Waals surface area (Å²) in [7, 11) is 0. The molecule has 0 saturated heterocycles. The molecule has 0 unspecified atom stereocenters. The van der Waals surface area contributed by atoms with Crippen LogP contribution in [0.5, 0.6) is 5.75 Å². The Balaban J connectivity index is 1.91. The maximum absolute atomic E-state index is 10.6. The number of carboxylic acids is 1. The van der Waals surface area contributed by atoms with Gasteiger partial charge < -0.3 is 9.84 Å². The van der Waals surface area contributed by atoms with Crippen LogP contribution in [0.4, 0.5) is 0 Å². The third-order valence-corrected chi connectivity index (χ3v) is 4.68. The van der Waals surface area contributed by atoms with Crippen LogP contribution in [0.1, 0.15) is 43.3 Å². The molecule has 0 amide bonds. The molecule has 5 nitrogen and oxygen atoms in total. The number of aryl methyl sites for hydroxylation is 2. The predicted octanol–water partition coefficient (Wildman–Crippen LogP) is 4.27. The van der Waals surface area contributed by atoms with Crippen molar-refractivity contribution in [2.45, 2.75) is 50.2 Å². The van der Waals surface area contributed by atoms with Crippen molar-refractivity contribution >= 4 is 17.7 Å². The van der Waals surface area contributed by atoms with E-state index in [1.165, 1.54) is 12.8 Å². The number of rotatable bonds is 10. The van der Waals surface area contributed by atoms with Gasteiger partial charge in [-0.25, -0.2) is 14.8 Å². The maximum Gasteiger partial charge on any atom is 0.341 e. The van der Waals surface area contributed by atoms with Crippen LogP contribution in [0, 0.1) is 6.92 Å². The fourth-order valence-electron chi connectivity index (χ4n) is 2.35. The van der Waals surface area contributed by atoms with Crippen molar-refractivity contribution in [1.82, 2.24) is 9.97 Å². The lowest BCUT2D eigenvalue weighted by Crippen LogP contribution is -2.09. The second kappa shape index (κ2) is 10.0. The highest BCUT2D eigenvalue weighted by atomic mass is 32.2. The number of carbonyl (C=O) groups is 1. The van der Waals surface area contributed by atoms with Crippen LogP contribution in [0.3, 0.4) is 0 Å². The normalized spacial score (nSPS) is 10.6. The quantitative estimate of drug-likeness (QED) is 0.504. The van der Waals surface area contributed by atoms with E-state index in [0.717, 1.165) is 40.6 Å². The summed E-state index contributed by atoms with van der Waals surface area (Å²) in [5, 5.41) is 8.68. The fourth-order valence-corrected chi connectivity index (χ4v) is 3.25. The number of nitrogens with zero attached hydrogens (tertiary/aromatic N) is 2. The summed E-state index contributed by atoms with van der Waals surface area (Å²) in [6.07, 6.45) is 6.29. The lowest BCUT2D eigenvalue weighted by molar-refractivity contribution is -0.139. The molecule has 0 saturated carbocycles. The van der Waals surface area contributed by atoms with Gasteiger partial charge >= 0.3 is 5.97 Å². The van der Waals surface area contributed by atoms with Gasteiger partial charge in [-0.05, 0) is 43.2 Å². The summed E-state index contributed by atoms with van der Waals surface area (Å²) in [5.41, 5.74) is 1.95. The summed E-state index contributed by atoms with van der Waals surface area (Å²) in [5.74, 6) is 1.32. The third-order valence-electron chi connectivity index (χ3n) is 3.65. The molecule has 134 valence electrons. The average molecular weight is 360 g/mol. The van der Waals surface area contributed by atoms with Crippen molar-refractivity contribution < 1.29 is 14.6 Å². The lowest BCUT2D eigenvalue weighted by atomic mass is 10.2. The molecule has 0 aliphatic heterocycles. The van der Waals surface area contributed by atoms with Crippen LogP contribution in [0.15, 0.2) is 35.4 Å². The summed E-state index contributed by atoms with van der Waals surface area (Å²) in [4.78, 5) is 20.7. The van der Waals surface area contributed by atoms with E-state index in [9.17, 15) is 4.79 Å². The minimum absolute atomic E-state index is 0.324. The standard InChI is InChI=1S/C19H24N2O3S/c1-3-4-5-6-18-20-10-9-15(21-18)13-25-16-7-8-17(14(2)11-16)24-12-19(22)23/h7-11H,3-6,12-13H2,1-2H3,(H,22,23). The number of thioether (sulfide) groups is 1. The summed E-state index contributed by atoms with van der Waals surface area (Å²) in [6, 6.07) is 7.72. The highest BCUT2D eigenvalue weighted by Gasteiger charge is 2.06. The predicted molar refractivity (Wildman–Crippen MR) is 99.1 cm³/mol. The van der Waals surface area contributed by atoms with E-state index in [-0.39, 0.29) is 6.61 Å². The Hall–Kier alpha value is -2.08. The van der Waals surface area contributed by atoms with E-state index < -0.39 is 5.97 Å². The van der Waals surface area contributed by atoms with Crippen molar-refractivity contribution in [2.75, 3.05) is 6.61 Å². The van der Waals surface area contributed by atoms with Gasteiger partial charge in [-0.15, -0.1) is 11.8 Å². The Labute approximate surface area is 152 Å². The third kappa shape index (κ3) is 6.74. The van der Waals surface area contributed by atoms with Crippen LogP contribution >= 0.6 is 11.8 Å². The van der Waals surface area contributed by atoms with Crippen LogP contribution in [-0.2, 0) is 17.0 Å². The SMILES string of the molecule is CCCCCc1nccc(CSc2ccc(OCC(=O)O)c(C)c2)n1. The van der Waals surface area contributed by atoms with Crippen molar-refractivity contribution in [3.8, 4) is 5.75 Å². The monoisotopic (exact) mass is 360 g/mol. The lowest BCUT2D eigenvalue weighted by Gasteiger charge is -2.09. The first-order valence-corrected chi connectivity index (χ1v) is 9.46. The topological polar surface area (TPSA) is 72.3 Å². The molecule has 0 aliphatic rings. The molecule has 0 atom stereocenters. The molecule has 0 aliphatic carbocycles. The van der Waals surface area contributed by atoms with E-state index in [1.54, 1.807) is 11.8 Å². The van der Waals surface area contributed by atoms with Gasteiger partial charge in [0.1, 0.15) is 11.6 Å². The molecule has 1 heterocycles. The van der Waals surface area contributed by atoms with E-state index in [1.807, 2.05) is 37.4 Å². The zero-order valence-corrected chi connectivity index (χ0v) is 15.5. The number of hydrogen-bond donors (Lipinski definition) is 1. The smallest absolute Gasteiger partial charge is 0.341 e. The Kier molecular flexibility index (Phi) is 7.73. The van der Waals surface area contributed by atoms with E-state index in [2.05, 4.69) is 16.9 Å². The van der Waals surface area contributed by atoms with Crippen molar-refractivity contribution in [1.29, 1.82) is 0 Å². The van der Waals surface area contributed by atoms with Gasteiger partial charge in [0.05, 0.1) is 5.69 Å². The van der Waals surface area contributed by atoms with E-state index >= 15 is 0 Å². The van der Waals surface area contributed by atoms with E-state index in [4.69, 9.17) is 9.84 Å². The largest absolute Gasteiger partial charge is 0.482 e. The van der Waals surface area contributed by atoms with Crippen LogP contribution in [0.25, 0.3) is 0 Å². The average Bonchev–Trinajstić information content (AvgIpc) is 2.59. The molecule has 0 radical (unpaired) electrons. The van der Waals surface area contributed by atoms with Crippen molar-refractivity contribution in [3.63, 3.8) is 0 Å². The highest BCUT2D eigenvalue weighted by molar-refractivity contribution is 7.98. The van der Waals surface area contributed by atoms with Crippen molar-refractivity contribution in [2.24, 2.45) is 0 Å². The number of benzene rings is 1. The Morgan fingerprint density at radius 1 is 1.28 bits per heavy atom. The Morgan fingerprint density at radius 2 is 2.12 bits per heavy atom. The van der Waals surface area contributed by atoms with Crippen molar-refractivity contribution in [3.05, 3.63) is 47.5 Å². The van der Waals surface area contributed by atoms with Gasteiger partial charge in [-0.2, -0.15) is 0 Å². The molecule has 0 fully saturated rings. The fraction of sp³-hybridized carbons (Fsp3) is 0.421. The molecular formula is C19H24N2O3S. The molecule has 6 heteroatoms. The number of ether oxygens (including phenoxy) is 1. The van der Waals surface area contributed by atoms with Gasteiger partial charge in [0, 0.05) is 23.3 Å². The molecule has 1 aromatic carbocycles. The summed E-state index contributed by atoms with van der Waals surface area (Å²) >= 11 is 1.70. The van der Waals surface area contributed by atoms with Gasteiger partial charge in [0.2, 0.25) is 0 Å². The molecule has 0 bridgehead atoms. The Bertz CT molecular complexity index is 707. The highest BCUT2D eigenvalue weighted by Crippen LogP contribution is 2.27. The second-order valence-electron chi connectivity index (χ2n) is 5.82. The Morgan fingerprint density at radius 3 is 2.84 bits per heavy atom. The molecule has 1 aromatic heterocycles. The zero-order chi connectivity index (χ0) is 18.1. The molecule has 2 rings (SSSR count). The molecule has 0 spiro atoms. The molecule has 25 heavy (non-hydrogen) atoms. The van der Waals surface area contributed by atoms with Crippen LogP contribution in [-0.4, -0.2) is 27.7 Å². The van der Waals surface area contributed by atoms with E-state index in [0.29, 0.717) is 5.75 Å². The summed E-state index contributed by atoms with van der Waals surface area (Å²) in [6.45, 7) is 3.78. The minimum atomic E-state index is -0.976. The first kappa shape index (κ1) is 19.2. The summed E-state index contributed by atoms with van der Waals surface area (Å²) < 4.78 is 5.25. The van der Waals surface area contributed by atoms with Crippen LogP contribution in [0.2, 0.25) is 0 Å². The number of hydrogen-bond acceptors (Lipinski definition) is 5. The minimum Gasteiger partial charge on any atom is -0.482 e. The molecular weight excluding hydrogens is 336 g/mol. The van der Waals surface area contributed by atoms with Gasteiger partial charge in [0.25, 0.3) is 0 Å². The van der Waals surface area contributed by atoms with Crippen LogP contribution < -0.4 is 4.74 Å². The first-order chi connectivity index (χ1) is 12.1. The number of carboxylic acid groups (broad SMARTS) is 1. The van der Waals surface area contributed by atoms with Gasteiger partial charge in [0.15, 0.2) is 6.61 Å². The number of aromatic nitrogens is 2. The number of unbranched alkanes of at least 4 members (excludes halogenated alkanes) is 2. The van der Waals surface area contributed by atoms with Gasteiger partial charge in [-0.3, -0.25) is 0 Å². The zero-order valence-electron chi connectivity index (χ0n) is 14.7. The first-order valence-electron chi connectivity index (χ1n) is 8.47. The van der Waals surface area contributed by atoms with Gasteiger partial charge in [-0.1, -0.05) is 19.8 Å². The second-order valence-corrected chi connectivity index (χ2v) is 6.87. The maximum atomic E-state index is 10.6. The number of aliphatic carboxylic acids is 1. The molecule has 2 aromatic rings. The molecule has 1 N–H and O–H groups in total.